The van der Waals surface area contributed by atoms with Gasteiger partial charge in [0.1, 0.15) is 11.4 Å². The summed E-state index contributed by atoms with van der Waals surface area (Å²) in [5.74, 6) is -1.55. The minimum Gasteiger partial charge on any atom is -0.506 e. The van der Waals surface area contributed by atoms with E-state index < -0.39 is 5.97 Å². The van der Waals surface area contributed by atoms with Crippen molar-refractivity contribution in [2.75, 3.05) is 0 Å². The van der Waals surface area contributed by atoms with Gasteiger partial charge in [0.15, 0.2) is 0 Å². The van der Waals surface area contributed by atoms with Crippen molar-refractivity contribution in [3.63, 3.8) is 0 Å². The number of aromatic hydroxyl groups is 1. The Kier molecular flexibility index (Phi) is 2.71. The smallest absolute Gasteiger partial charge is 0.374 e. The molecule has 3 rings (SSSR count). The molecular formula is C13H10ClNO4. The van der Waals surface area contributed by atoms with E-state index in [0.29, 0.717) is 10.6 Å². The molecule has 1 aliphatic rings. The lowest BCUT2D eigenvalue weighted by molar-refractivity contribution is 0.0652. The predicted molar refractivity (Wildman–Crippen MR) is 67.6 cm³/mol. The van der Waals surface area contributed by atoms with Crippen LogP contribution in [0.1, 0.15) is 28.1 Å². The van der Waals surface area contributed by atoms with Crippen molar-refractivity contribution in [1.82, 2.24) is 5.16 Å². The molecule has 0 fully saturated rings. The first-order chi connectivity index (χ1) is 9.08. The van der Waals surface area contributed by atoms with Gasteiger partial charge >= 0.3 is 5.97 Å². The van der Waals surface area contributed by atoms with E-state index in [9.17, 15) is 9.90 Å². The van der Waals surface area contributed by atoms with Crippen molar-refractivity contribution in [2.45, 2.75) is 19.3 Å². The van der Waals surface area contributed by atoms with Crippen LogP contribution in [-0.4, -0.2) is 21.3 Å². The van der Waals surface area contributed by atoms with Gasteiger partial charge in [-0.15, -0.1) is 0 Å². The molecule has 0 aliphatic heterocycles. The number of aromatic carboxylic acids is 1. The molecule has 1 heterocycles. The van der Waals surface area contributed by atoms with Gasteiger partial charge in [0.05, 0.1) is 5.02 Å². The molecule has 2 N–H and O–H groups in total. The van der Waals surface area contributed by atoms with Crippen LogP contribution < -0.4 is 0 Å². The Morgan fingerprint density at radius 3 is 2.84 bits per heavy atom. The van der Waals surface area contributed by atoms with Crippen LogP contribution in [0.3, 0.4) is 0 Å². The van der Waals surface area contributed by atoms with E-state index in [2.05, 4.69) is 5.16 Å². The fourth-order valence-corrected chi connectivity index (χ4v) is 2.70. The number of nitrogens with zero attached hydrogens (tertiary/aromatic N) is 1. The Morgan fingerprint density at radius 2 is 2.16 bits per heavy atom. The summed E-state index contributed by atoms with van der Waals surface area (Å²) in [5.41, 5.74) is 2.70. The minimum atomic E-state index is -1.20. The van der Waals surface area contributed by atoms with Crippen molar-refractivity contribution in [2.24, 2.45) is 0 Å². The van der Waals surface area contributed by atoms with Crippen molar-refractivity contribution in [3.8, 4) is 17.0 Å². The standard InChI is InChI=1S/C13H10ClNO4/c14-11-7-3-1-2-6(7)4-8(12(11)16)9-5-10(13(17)18)19-15-9/h4-5,16H,1-3H2,(H,17,18). The molecule has 1 aromatic carbocycles. The summed E-state index contributed by atoms with van der Waals surface area (Å²) in [4.78, 5) is 10.8. The summed E-state index contributed by atoms with van der Waals surface area (Å²) >= 11 is 6.14. The molecule has 1 aromatic heterocycles. The molecule has 98 valence electrons. The Labute approximate surface area is 113 Å². The summed E-state index contributed by atoms with van der Waals surface area (Å²) in [6.45, 7) is 0. The number of carbonyl (C=O) groups is 1. The van der Waals surface area contributed by atoms with Gasteiger partial charge in [-0.3, -0.25) is 0 Å². The van der Waals surface area contributed by atoms with Gasteiger partial charge in [0.2, 0.25) is 5.76 Å². The van der Waals surface area contributed by atoms with Crippen molar-refractivity contribution in [3.05, 3.63) is 34.0 Å². The number of aryl methyl sites for hydroxylation is 1. The van der Waals surface area contributed by atoms with Crippen molar-refractivity contribution < 1.29 is 19.5 Å². The van der Waals surface area contributed by atoms with E-state index in [1.54, 1.807) is 6.07 Å². The Bertz CT molecular complexity index is 678. The third-order valence-electron chi connectivity index (χ3n) is 3.30. The topological polar surface area (TPSA) is 83.6 Å². The van der Waals surface area contributed by atoms with E-state index in [4.69, 9.17) is 21.2 Å². The van der Waals surface area contributed by atoms with Crippen LogP contribution >= 0.6 is 11.6 Å². The molecule has 0 bridgehead atoms. The van der Waals surface area contributed by atoms with Crippen LogP contribution in [0.15, 0.2) is 16.7 Å². The number of hydrogen-bond donors (Lipinski definition) is 2. The van der Waals surface area contributed by atoms with Gasteiger partial charge in [0.25, 0.3) is 0 Å². The quantitative estimate of drug-likeness (QED) is 0.883. The number of benzene rings is 1. The first kappa shape index (κ1) is 12.0. The van der Waals surface area contributed by atoms with Crippen LogP contribution in [-0.2, 0) is 12.8 Å². The number of halogens is 1. The van der Waals surface area contributed by atoms with Gasteiger partial charge < -0.3 is 14.7 Å². The fourth-order valence-electron chi connectivity index (χ4n) is 2.38. The molecule has 2 aromatic rings. The Morgan fingerprint density at radius 1 is 1.37 bits per heavy atom. The number of phenols is 1. The van der Waals surface area contributed by atoms with Crippen LogP contribution in [0.5, 0.6) is 5.75 Å². The summed E-state index contributed by atoms with van der Waals surface area (Å²) in [7, 11) is 0. The van der Waals surface area contributed by atoms with E-state index >= 15 is 0 Å². The molecule has 0 saturated carbocycles. The first-order valence-corrected chi connectivity index (χ1v) is 6.19. The van der Waals surface area contributed by atoms with Crippen LogP contribution in [0, 0.1) is 0 Å². The average Bonchev–Trinajstić information content (AvgIpc) is 3.01. The van der Waals surface area contributed by atoms with E-state index in [1.165, 1.54) is 6.07 Å². The number of rotatable bonds is 2. The fraction of sp³-hybridized carbons (Fsp3) is 0.231. The first-order valence-electron chi connectivity index (χ1n) is 5.81. The van der Waals surface area contributed by atoms with Gasteiger partial charge in [-0.1, -0.05) is 16.8 Å². The zero-order chi connectivity index (χ0) is 13.6. The third kappa shape index (κ3) is 1.86. The summed E-state index contributed by atoms with van der Waals surface area (Å²) in [6, 6.07) is 3.07. The summed E-state index contributed by atoms with van der Waals surface area (Å²) < 4.78 is 4.69. The average molecular weight is 280 g/mol. The third-order valence-corrected chi connectivity index (χ3v) is 3.71. The summed E-state index contributed by atoms with van der Waals surface area (Å²) in [6.07, 6.45) is 2.74. The van der Waals surface area contributed by atoms with Crippen LogP contribution in [0.25, 0.3) is 11.3 Å². The molecule has 0 radical (unpaired) electrons. The maximum atomic E-state index is 10.8. The highest BCUT2D eigenvalue weighted by atomic mass is 35.5. The lowest BCUT2D eigenvalue weighted by atomic mass is 10.0. The molecule has 19 heavy (non-hydrogen) atoms. The highest BCUT2D eigenvalue weighted by Gasteiger charge is 2.23. The highest BCUT2D eigenvalue weighted by Crippen LogP contribution is 2.42. The SMILES string of the molecule is O=C(O)c1cc(-c2cc3c(c(Cl)c2O)CCC3)no1. The molecule has 0 spiro atoms. The molecule has 0 atom stereocenters. The number of carboxylic acids is 1. The van der Waals surface area contributed by atoms with Crippen LogP contribution in [0.4, 0.5) is 0 Å². The van der Waals surface area contributed by atoms with E-state index in [1.807, 2.05) is 0 Å². The van der Waals surface area contributed by atoms with Gasteiger partial charge in [0, 0.05) is 11.6 Å². The van der Waals surface area contributed by atoms with Gasteiger partial charge in [-0.25, -0.2) is 4.79 Å². The minimum absolute atomic E-state index is 0.0763. The number of phenolic OH excluding ortho intramolecular Hbond substituents is 1. The van der Waals surface area contributed by atoms with Crippen LogP contribution in [0.2, 0.25) is 5.02 Å². The second kappa shape index (κ2) is 4.28. The van der Waals surface area contributed by atoms with Gasteiger partial charge in [-0.05, 0) is 36.5 Å². The number of fused-ring (bicyclic) bond motifs is 1. The van der Waals surface area contributed by atoms with Crippen molar-refractivity contribution in [1.29, 1.82) is 0 Å². The number of carboxylic acid groups (broad SMARTS) is 1. The van der Waals surface area contributed by atoms with Gasteiger partial charge in [-0.2, -0.15) is 0 Å². The largest absolute Gasteiger partial charge is 0.506 e. The Hall–Kier alpha value is -2.01. The zero-order valence-corrected chi connectivity index (χ0v) is 10.6. The number of hydrogen-bond acceptors (Lipinski definition) is 4. The lowest BCUT2D eigenvalue weighted by Gasteiger charge is -2.08. The summed E-state index contributed by atoms with van der Waals surface area (Å²) in [5, 5.41) is 22.9. The van der Waals surface area contributed by atoms with Crippen molar-refractivity contribution >= 4 is 17.6 Å². The lowest BCUT2D eigenvalue weighted by Crippen LogP contribution is -1.92. The van der Waals surface area contributed by atoms with E-state index in [0.717, 1.165) is 30.4 Å². The maximum absolute atomic E-state index is 10.8. The molecule has 0 saturated heterocycles. The highest BCUT2D eigenvalue weighted by molar-refractivity contribution is 6.33. The molecule has 1 aliphatic carbocycles. The molecular weight excluding hydrogens is 270 g/mol. The second-order valence-electron chi connectivity index (χ2n) is 4.46. The molecule has 0 unspecified atom stereocenters. The number of aromatic nitrogens is 1. The zero-order valence-electron chi connectivity index (χ0n) is 9.81. The molecule has 5 nitrogen and oxygen atoms in total. The normalized spacial score (nSPS) is 13.5. The van der Waals surface area contributed by atoms with E-state index in [-0.39, 0.29) is 17.2 Å². The second-order valence-corrected chi connectivity index (χ2v) is 4.84. The monoisotopic (exact) mass is 279 g/mol. The predicted octanol–water partition coefficient (Wildman–Crippen LogP) is 2.89. The molecule has 0 amide bonds. The Balaban J connectivity index is 2.14. The maximum Gasteiger partial charge on any atom is 0.374 e. The molecule has 6 heteroatoms.